The molecule has 2 aromatic rings. The van der Waals surface area contributed by atoms with Crippen LogP contribution < -0.4 is 19.5 Å². The minimum Gasteiger partial charge on any atom is -0.486 e. The third kappa shape index (κ3) is 4.22. The van der Waals surface area contributed by atoms with Gasteiger partial charge in [0.2, 0.25) is 0 Å². The molecule has 1 amide bonds. The van der Waals surface area contributed by atoms with Gasteiger partial charge in [-0.1, -0.05) is 23.7 Å². The van der Waals surface area contributed by atoms with Gasteiger partial charge in [-0.2, -0.15) is 0 Å². The summed E-state index contributed by atoms with van der Waals surface area (Å²) in [5.74, 6) is 1.75. The molecule has 0 spiro atoms. The molecule has 0 aromatic heterocycles. The molecule has 0 radical (unpaired) electrons. The lowest BCUT2D eigenvalue weighted by atomic mass is 9.93. The first-order valence-electron chi connectivity index (χ1n) is 8.49. The van der Waals surface area contributed by atoms with E-state index >= 15 is 0 Å². The van der Waals surface area contributed by atoms with E-state index in [1.807, 2.05) is 32.0 Å². The minimum atomic E-state index is -0.662. The van der Waals surface area contributed by atoms with Crippen LogP contribution in [0.1, 0.15) is 26.3 Å². The normalized spacial score (nSPS) is 14.5. The Bertz CT molecular complexity index is 806. The first-order chi connectivity index (χ1) is 12.3. The van der Waals surface area contributed by atoms with Crippen molar-refractivity contribution in [2.24, 2.45) is 0 Å². The number of nitrogens with one attached hydrogen (secondary N) is 1. The molecule has 0 aliphatic carbocycles. The summed E-state index contributed by atoms with van der Waals surface area (Å²) in [7, 11) is 0. The average Bonchev–Trinajstić information content (AvgIpc) is 2.61. The van der Waals surface area contributed by atoms with Crippen LogP contribution in [0, 0.1) is 0 Å². The van der Waals surface area contributed by atoms with Crippen molar-refractivity contribution in [1.29, 1.82) is 0 Å². The van der Waals surface area contributed by atoms with Gasteiger partial charge >= 0.3 is 0 Å². The van der Waals surface area contributed by atoms with E-state index in [4.69, 9.17) is 25.8 Å². The van der Waals surface area contributed by atoms with Gasteiger partial charge in [0.25, 0.3) is 5.91 Å². The number of carbonyl (C=O) groups excluding carboxylic acids is 1. The number of rotatable bonds is 5. The second kappa shape index (κ2) is 7.46. The molecule has 26 heavy (non-hydrogen) atoms. The van der Waals surface area contributed by atoms with Gasteiger partial charge in [0.1, 0.15) is 19.0 Å². The second-order valence-corrected chi connectivity index (χ2v) is 7.13. The number of hydrogen-bond donors (Lipinski definition) is 1. The van der Waals surface area contributed by atoms with Crippen LogP contribution in [0.25, 0.3) is 0 Å². The Morgan fingerprint density at radius 2 is 1.88 bits per heavy atom. The second-order valence-electron chi connectivity index (χ2n) is 6.69. The van der Waals surface area contributed by atoms with E-state index in [0.29, 0.717) is 29.7 Å². The number of hydrogen-bond acceptors (Lipinski definition) is 4. The van der Waals surface area contributed by atoms with E-state index in [2.05, 4.69) is 5.32 Å². The summed E-state index contributed by atoms with van der Waals surface area (Å²) in [6.45, 7) is 6.64. The van der Waals surface area contributed by atoms with Gasteiger partial charge in [-0.05, 0) is 56.7 Å². The van der Waals surface area contributed by atoms with Gasteiger partial charge in [-0.25, -0.2) is 0 Å². The molecule has 0 fully saturated rings. The zero-order valence-electron chi connectivity index (χ0n) is 15.0. The number of halogens is 1. The lowest BCUT2D eigenvalue weighted by Gasteiger charge is -2.30. The third-order valence-corrected chi connectivity index (χ3v) is 4.41. The fourth-order valence-corrected chi connectivity index (χ4v) is 2.89. The van der Waals surface area contributed by atoms with Gasteiger partial charge in [-0.15, -0.1) is 0 Å². The van der Waals surface area contributed by atoms with Crippen LogP contribution in [-0.2, 0) is 10.3 Å². The van der Waals surface area contributed by atoms with Crippen molar-refractivity contribution in [2.75, 3.05) is 13.2 Å². The maximum absolute atomic E-state index is 12.6. The molecule has 2 aromatic carbocycles. The van der Waals surface area contributed by atoms with Crippen molar-refractivity contribution in [3.8, 4) is 17.2 Å². The maximum Gasteiger partial charge on any atom is 0.261 e. The van der Waals surface area contributed by atoms with Crippen LogP contribution in [0.4, 0.5) is 0 Å². The summed E-state index contributed by atoms with van der Waals surface area (Å²) in [5.41, 5.74) is 0.323. The molecule has 1 aliphatic rings. The topological polar surface area (TPSA) is 56.8 Å². The number of carbonyl (C=O) groups is 1. The van der Waals surface area contributed by atoms with Crippen LogP contribution >= 0.6 is 11.6 Å². The van der Waals surface area contributed by atoms with E-state index < -0.39 is 11.6 Å². The molecule has 0 unspecified atom stereocenters. The Morgan fingerprint density at radius 3 is 2.62 bits per heavy atom. The first-order valence-corrected chi connectivity index (χ1v) is 8.87. The van der Waals surface area contributed by atoms with Crippen molar-refractivity contribution in [3.05, 3.63) is 53.1 Å². The summed E-state index contributed by atoms with van der Waals surface area (Å²) >= 11 is 5.95. The number of ether oxygens (including phenoxy) is 3. The highest BCUT2D eigenvalue weighted by atomic mass is 35.5. The predicted octanol–water partition coefficient (Wildman–Crippen LogP) is 3.93. The molecule has 1 atom stereocenters. The summed E-state index contributed by atoms with van der Waals surface area (Å²) < 4.78 is 16.9. The standard InChI is InChI=1S/C20H22ClNO4/c1-13(26-16-6-4-5-15(21)12-16)19(23)22-20(2,3)14-7-8-17-18(11-14)25-10-9-24-17/h4-8,11-13H,9-10H2,1-3H3,(H,22,23)/t13-/m1/s1. The van der Waals surface area contributed by atoms with Gasteiger partial charge in [-0.3, -0.25) is 4.79 Å². The summed E-state index contributed by atoms with van der Waals surface area (Å²) in [5, 5.41) is 3.58. The van der Waals surface area contributed by atoms with Crippen LogP contribution in [0.3, 0.4) is 0 Å². The third-order valence-electron chi connectivity index (χ3n) is 4.18. The fraction of sp³-hybridized carbons (Fsp3) is 0.350. The molecule has 6 heteroatoms. The van der Waals surface area contributed by atoms with Gasteiger partial charge in [0.15, 0.2) is 17.6 Å². The Labute approximate surface area is 158 Å². The Hall–Kier alpha value is -2.40. The zero-order valence-corrected chi connectivity index (χ0v) is 15.8. The number of benzene rings is 2. The largest absolute Gasteiger partial charge is 0.486 e. The molecule has 1 N–H and O–H groups in total. The quantitative estimate of drug-likeness (QED) is 0.860. The average molecular weight is 376 g/mol. The van der Waals surface area contributed by atoms with E-state index in [0.717, 1.165) is 11.3 Å². The molecule has 1 heterocycles. The summed E-state index contributed by atoms with van der Waals surface area (Å²) in [6, 6.07) is 12.7. The molecule has 0 bridgehead atoms. The Balaban J connectivity index is 1.69. The molecular formula is C20H22ClNO4. The number of fused-ring (bicyclic) bond motifs is 1. The van der Waals surface area contributed by atoms with E-state index in [9.17, 15) is 4.79 Å². The Morgan fingerprint density at radius 1 is 1.15 bits per heavy atom. The fourth-order valence-electron chi connectivity index (χ4n) is 2.71. The lowest BCUT2D eigenvalue weighted by Crippen LogP contribution is -2.46. The molecule has 0 saturated heterocycles. The van der Waals surface area contributed by atoms with Crippen molar-refractivity contribution in [2.45, 2.75) is 32.4 Å². The molecule has 5 nitrogen and oxygen atoms in total. The minimum absolute atomic E-state index is 0.218. The van der Waals surface area contributed by atoms with Crippen molar-refractivity contribution in [3.63, 3.8) is 0 Å². The number of amides is 1. The van der Waals surface area contributed by atoms with E-state index in [1.165, 1.54) is 0 Å². The monoisotopic (exact) mass is 375 g/mol. The van der Waals surface area contributed by atoms with Crippen LogP contribution in [0.15, 0.2) is 42.5 Å². The lowest BCUT2D eigenvalue weighted by molar-refractivity contribution is -0.129. The first kappa shape index (κ1) is 18.4. The highest BCUT2D eigenvalue weighted by molar-refractivity contribution is 6.30. The summed E-state index contributed by atoms with van der Waals surface area (Å²) in [4.78, 5) is 12.6. The van der Waals surface area contributed by atoms with Crippen molar-refractivity contribution >= 4 is 17.5 Å². The van der Waals surface area contributed by atoms with Crippen molar-refractivity contribution < 1.29 is 19.0 Å². The SMILES string of the molecule is C[C@@H](Oc1cccc(Cl)c1)C(=O)NC(C)(C)c1ccc2c(c1)OCCO2. The predicted molar refractivity (Wildman–Crippen MR) is 100 cm³/mol. The van der Waals surface area contributed by atoms with Crippen LogP contribution in [-0.4, -0.2) is 25.2 Å². The smallest absolute Gasteiger partial charge is 0.261 e. The zero-order chi connectivity index (χ0) is 18.7. The van der Waals surface area contributed by atoms with Crippen LogP contribution in [0.2, 0.25) is 5.02 Å². The van der Waals surface area contributed by atoms with Crippen molar-refractivity contribution in [1.82, 2.24) is 5.32 Å². The molecular weight excluding hydrogens is 354 g/mol. The maximum atomic E-state index is 12.6. The highest BCUT2D eigenvalue weighted by Crippen LogP contribution is 2.34. The summed E-state index contributed by atoms with van der Waals surface area (Å²) in [6.07, 6.45) is -0.662. The van der Waals surface area contributed by atoms with E-state index in [-0.39, 0.29) is 5.91 Å². The molecule has 0 saturated carbocycles. The Kier molecular flexibility index (Phi) is 5.28. The van der Waals surface area contributed by atoms with Gasteiger partial charge in [0.05, 0.1) is 5.54 Å². The van der Waals surface area contributed by atoms with Gasteiger partial charge in [0, 0.05) is 5.02 Å². The molecule has 138 valence electrons. The molecule has 1 aliphatic heterocycles. The van der Waals surface area contributed by atoms with E-state index in [1.54, 1.807) is 31.2 Å². The van der Waals surface area contributed by atoms with Crippen LogP contribution in [0.5, 0.6) is 17.2 Å². The van der Waals surface area contributed by atoms with Gasteiger partial charge < -0.3 is 19.5 Å². The molecule has 3 rings (SSSR count). The highest BCUT2D eigenvalue weighted by Gasteiger charge is 2.28.